The lowest BCUT2D eigenvalue weighted by atomic mass is 10.2. The molecule has 0 saturated heterocycles. The number of amides is 1. The Bertz CT molecular complexity index is 596. The third-order valence-electron chi connectivity index (χ3n) is 2.84. The summed E-state index contributed by atoms with van der Waals surface area (Å²) in [5.41, 5.74) is 1.74. The second-order valence-electron chi connectivity index (χ2n) is 4.24. The molecule has 96 valence electrons. The van der Waals surface area contributed by atoms with Crippen LogP contribution in [0.3, 0.4) is 0 Å². The van der Waals surface area contributed by atoms with E-state index in [-0.39, 0.29) is 12.5 Å². The van der Waals surface area contributed by atoms with Crippen molar-refractivity contribution in [3.05, 3.63) is 54.1 Å². The molecule has 1 aliphatic rings. The number of hydrogen-bond acceptors (Lipinski definition) is 3. The van der Waals surface area contributed by atoms with Crippen molar-refractivity contribution in [1.82, 2.24) is 0 Å². The minimum atomic E-state index is -0.146. The van der Waals surface area contributed by atoms with Crippen LogP contribution in [0.25, 0.3) is 0 Å². The zero-order valence-corrected chi connectivity index (χ0v) is 10.3. The molecular weight excluding hydrogens is 242 g/mol. The topological polar surface area (TPSA) is 47.6 Å². The fourth-order valence-corrected chi connectivity index (χ4v) is 1.94. The minimum absolute atomic E-state index is 0.0265. The maximum absolute atomic E-state index is 11.2. The van der Waals surface area contributed by atoms with Crippen molar-refractivity contribution in [3.63, 3.8) is 0 Å². The first-order chi connectivity index (χ1) is 9.33. The summed E-state index contributed by atoms with van der Waals surface area (Å²) in [4.78, 5) is 11.2. The maximum Gasteiger partial charge on any atom is 0.262 e. The van der Waals surface area contributed by atoms with Gasteiger partial charge >= 0.3 is 0 Å². The summed E-state index contributed by atoms with van der Waals surface area (Å²) in [7, 11) is 0. The van der Waals surface area contributed by atoms with Crippen molar-refractivity contribution in [2.45, 2.75) is 6.61 Å². The van der Waals surface area contributed by atoms with Gasteiger partial charge in [0.2, 0.25) is 0 Å². The number of rotatable bonds is 3. The van der Waals surface area contributed by atoms with Crippen molar-refractivity contribution >= 4 is 11.6 Å². The van der Waals surface area contributed by atoms with E-state index in [1.165, 1.54) is 0 Å². The van der Waals surface area contributed by atoms with Crippen molar-refractivity contribution in [3.8, 4) is 11.5 Å². The Morgan fingerprint density at radius 3 is 2.79 bits per heavy atom. The van der Waals surface area contributed by atoms with Gasteiger partial charge in [0.05, 0.1) is 5.69 Å². The van der Waals surface area contributed by atoms with E-state index in [4.69, 9.17) is 9.47 Å². The second-order valence-corrected chi connectivity index (χ2v) is 4.24. The van der Waals surface area contributed by atoms with Gasteiger partial charge in [-0.05, 0) is 17.7 Å². The highest BCUT2D eigenvalue weighted by Gasteiger charge is 2.19. The smallest absolute Gasteiger partial charge is 0.262 e. The molecule has 4 heteroatoms. The molecule has 0 aliphatic carbocycles. The number of anilines is 1. The first kappa shape index (κ1) is 11.6. The number of hydrogen-bond donors (Lipinski definition) is 1. The van der Waals surface area contributed by atoms with Crippen molar-refractivity contribution in [2.24, 2.45) is 0 Å². The number of benzene rings is 2. The predicted octanol–water partition coefficient (Wildman–Crippen LogP) is 2.60. The number of nitrogens with one attached hydrogen (secondary N) is 1. The van der Waals surface area contributed by atoms with E-state index in [1.54, 1.807) is 6.07 Å². The summed E-state index contributed by atoms with van der Waals surface area (Å²) < 4.78 is 11.2. The largest absolute Gasteiger partial charge is 0.485 e. The molecule has 1 aliphatic heterocycles. The minimum Gasteiger partial charge on any atom is -0.485 e. The molecule has 3 rings (SSSR count). The number of carbonyl (C=O) groups excluding carboxylic acids is 1. The van der Waals surface area contributed by atoms with Gasteiger partial charge in [0.1, 0.15) is 6.61 Å². The van der Waals surface area contributed by atoms with Gasteiger partial charge < -0.3 is 14.8 Å². The van der Waals surface area contributed by atoms with E-state index < -0.39 is 0 Å². The lowest BCUT2D eigenvalue weighted by Crippen LogP contribution is -2.25. The Morgan fingerprint density at radius 2 is 1.95 bits per heavy atom. The molecule has 0 saturated carbocycles. The van der Waals surface area contributed by atoms with Crippen LogP contribution >= 0.6 is 0 Å². The molecule has 0 atom stereocenters. The number of ether oxygens (including phenoxy) is 2. The van der Waals surface area contributed by atoms with E-state index >= 15 is 0 Å². The van der Waals surface area contributed by atoms with Crippen LogP contribution in [0.1, 0.15) is 5.56 Å². The fraction of sp³-hybridized carbons (Fsp3) is 0.133. The summed E-state index contributed by atoms with van der Waals surface area (Å²) in [5.74, 6) is 1.09. The molecule has 2 aromatic carbocycles. The van der Waals surface area contributed by atoms with Gasteiger partial charge in [-0.15, -0.1) is 0 Å². The average molecular weight is 255 g/mol. The molecule has 2 aromatic rings. The number of para-hydroxylation sites is 1. The predicted molar refractivity (Wildman–Crippen MR) is 71.3 cm³/mol. The summed E-state index contributed by atoms with van der Waals surface area (Å²) in [6.07, 6.45) is 0. The third kappa shape index (κ3) is 2.52. The van der Waals surface area contributed by atoms with Gasteiger partial charge in [0.25, 0.3) is 5.91 Å². The molecule has 0 bridgehead atoms. The highest BCUT2D eigenvalue weighted by atomic mass is 16.5. The van der Waals surface area contributed by atoms with Crippen LogP contribution in [-0.4, -0.2) is 12.5 Å². The van der Waals surface area contributed by atoms with E-state index in [0.717, 1.165) is 5.56 Å². The summed E-state index contributed by atoms with van der Waals surface area (Å²) in [5, 5.41) is 2.75. The van der Waals surface area contributed by atoms with Crippen LogP contribution in [0.2, 0.25) is 0 Å². The molecule has 0 unspecified atom stereocenters. The molecular formula is C15H13NO3. The highest BCUT2D eigenvalue weighted by molar-refractivity contribution is 5.96. The Morgan fingerprint density at radius 1 is 1.11 bits per heavy atom. The third-order valence-corrected chi connectivity index (χ3v) is 2.84. The first-order valence-electron chi connectivity index (χ1n) is 6.05. The quantitative estimate of drug-likeness (QED) is 0.917. The van der Waals surface area contributed by atoms with E-state index in [2.05, 4.69) is 5.32 Å². The zero-order valence-electron chi connectivity index (χ0n) is 10.3. The van der Waals surface area contributed by atoms with Crippen molar-refractivity contribution in [1.29, 1.82) is 0 Å². The van der Waals surface area contributed by atoms with Crippen LogP contribution in [0.15, 0.2) is 48.5 Å². The van der Waals surface area contributed by atoms with Gasteiger partial charge in [0.15, 0.2) is 18.1 Å². The first-order valence-corrected chi connectivity index (χ1v) is 6.05. The molecule has 0 radical (unpaired) electrons. The monoisotopic (exact) mass is 255 g/mol. The van der Waals surface area contributed by atoms with Crippen molar-refractivity contribution < 1.29 is 14.3 Å². The van der Waals surface area contributed by atoms with Gasteiger partial charge in [-0.2, -0.15) is 0 Å². The lowest BCUT2D eigenvalue weighted by Gasteiger charge is -2.20. The number of fused-ring (bicyclic) bond motifs is 1. The van der Waals surface area contributed by atoms with Crippen LogP contribution in [-0.2, 0) is 11.4 Å². The Kier molecular flexibility index (Phi) is 3.06. The molecule has 1 N–H and O–H groups in total. The van der Waals surface area contributed by atoms with Crippen LogP contribution < -0.4 is 14.8 Å². The SMILES string of the molecule is O=C1COc2c(cccc2OCc2ccccc2)N1. The van der Waals surface area contributed by atoms with E-state index in [0.29, 0.717) is 23.8 Å². The van der Waals surface area contributed by atoms with E-state index in [9.17, 15) is 4.79 Å². The standard InChI is InChI=1S/C15H13NO3/c17-14-10-19-15-12(16-14)7-4-8-13(15)18-9-11-5-2-1-3-6-11/h1-8H,9-10H2,(H,16,17). The van der Waals surface area contributed by atoms with Gasteiger partial charge in [-0.1, -0.05) is 36.4 Å². The molecule has 1 heterocycles. The molecule has 1 amide bonds. The van der Waals surface area contributed by atoms with Crippen LogP contribution in [0.4, 0.5) is 5.69 Å². The average Bonchev–Trinajstić information content (AvgIpc) is 2.45. The Labute approximate surface area is 111 Å². The molecule has 0 aromatic heterocycles. The fourth-order valence-electron chi connectivity index (χ4n) is 1.94. The Balaban J connectivity index is 1.78. The Hall–Kier alpha value is -2.49. The molecule has 19 heavy (non-hydrogen) atoms. The second kappa shape index (κ2) is 5.02. The summed E-state index contributed by atoms with van der Waals surface area (Å²) >= 11 is 0. The van der Waals surface area contributed by atoms with Crippen molar-refractivity contribution in [2.75, 3.05) is 11.9 Å². The number of carbonyl (C=O) groups is 1. The lowest BCUT2D eigenvalue weighted by molar-refractivity contribution is -0.118. The van der Waals surface area contributed by atoms with Crippen LogP contribution in [0.5, 0.6) is 11.5 Å². The van der Waals surface area contributed by atoms with Gasteiger partial charge in [-0.3, -0.25) is 4.79 Å². The summed E-state index contributed by atoms with van der Waals surface area (Å²) in [6, 6.07) is 15.4. The van der Waals surface area contributed by atoms with Gasteiger partial charge in [0, 0.05) is 0 Å². The molecule has 0 spiro atoms. The maximum atomic E-state index is 11.2. The van der Waals surface area contributed by atoms with E-state index in [1.807, 2.05) is 42.5 Å². The highest BCUT2D eigenvalue weighted by Crippen LogP contribution is 2.37. The van der Waals surface area contributed by atoms with Gasteiger partial charge in [-0.25, -0.2) is 0 Å². The zero-order chi connectivity index (χ0) is 13.1. The normalized spacial score (nSPS) is 13.2. The molecule has 0 fully saturated rings. The summed E-state index contributed by atoms with van der Waals surface area (Å²) in [6.45, 7) is 0.493. The molecule has 4 nitrogen and oxygen atoms in total. The van der Waals surface area contributed by atoms with Crippen LogP contribution in [0, 0.1) is 0 Å².